The molecule has 1 atom stereocenters. The first-order chi connectivity index (χ1) is 7.25. The Morgan fingerprint density at radius 1 is 1.33 bits per heavy atom. The molecule has 0 saturated carbocycles. The number of benzene rings is 1. The highest BCUT2D eigenvalue weighted by atomic mass is 19.1. The maximum atomic E-state index is 13.2. The van der Waals surface area contributed by atoms with E-state index < -0.39 is 11.6 Å². The van der Waals surface area contributed by atoms with Gasteiger partial charge in [0.25, 0.3) is 0 Å². The summed E-state index contributed by atoms with van der Waals surface area (Å²) in [5.74, 6) is -0.985. The van der Waals surface area contributed by atoms with Crippen LogP contribution in [-0.2, 0) is 0 Å². The Kier molecular flexibility index (Phi) is 3.16. The van der Waals surface area contributed by atoms with Gasteiger partial charge in [-0.05, 0) is 31.5 Å². The van der Waals surface area contributed by atoms with Crippen molar-refractivity contribution in [3.63, 3.8) is 0 Å². The minimum absolute atomic E-state index is 0.00343. The first kappa shape index (κ1) is 10.4. The smallest absolute Gasteiger partial charge is 0.165 e. The van der Waals surface area contributed by atoms with Crippen molar-refractivity contribution < 1.29 is 13.5 Å². The number of nitrogens with one attached hydrogen (secondary N) is 1. The van der Waals surface area contributed by atoms with E-state index >= 15 is 0 Å². The fourth-order valence-electron chi connectivity index (χ4n) is 1.67. The lowest BCUT2D eigenvalue weighted by molar-refractivity contribution is 0.160. The molecule has 0 aromatic heterocycles. The zero-order chi connectivity index (χ0) is 10.7. The van der Waals surface area contributed by atoms with Crippen LogP contribution < -0.4 is 10.1 Å². The Morgan fingerprint density at radius 2 is 2.20 bits per heavy atom. The molecular formula is C11H13F2NO. The molecule has 0 unspecified atom stereocenters. The molecule has 4 heteroatoms. The summed E-state index contributed by atoms with van der Waals surface area (Å²) in [6.45, 7) is 1.65. The summed E-state index contributed by atoms with van der Waals surface area (Å²) in [5.41, 5.74) is 0. The van der Waals surface area contributed by atoms with E-state index in [0.717, 1.165) is 37.6 Å². The molecule has 15 heavy (non-hydrogen) atoms. The second kappa shape index (κ2) is 4.57. The van der Waals surface area contributed by atoms with Crippen molar-refractivity contribution in [1.29, 1.82) is 0 Å². The van der Waals surface area contributed by atoms with Gasteiger partial charge in [-0.1, -0.05) is 0 Å². The Hall–Kier alpha value is -1.16. The van der Waals surface area contributed by atoms with Gasteiger partial charge in [0.1, 0.15) is 11.9 Å². The third kappa shape index (κ3) is 2.65. The number of piperidine rings is 1. The van der Waals surface area contributed by atoms with E-state index in [1.807, 2.05) is 0 Å². The maximum Gasteiger partial charge on any atom is 0.165 e. The van der Waals surface area contributed by atoms with Crippen LogP contribution in [0.3, 0.4) is 0 Å². The second-order valence-electron chi connectivity index (χ2n) is 3.66. The van der Waals surface area contributed by atoms with Crippen LogP contribution in [0.25, 0.3) is 0 Å². The van der Waals surface area contributed by atoms with Crippen molar-refractivity contribution >= 4 is 0 Å². The number of hydrogen-bond acceptors (Lipinski definition) is 2. The Bertz CT molecular complexity index is 337. The number of hydrogen-bond donors (Lipinski definition) is 1. The standard InChI is InChI=1S/C11H13F2NO/c12-8-3-4-10(13)11(6-8)15-9-2-1-5-14-7-9/h3-4,6,9,14H,1-2,5,7H2/t9-/m0/s1. The highest BCUT2D eigenvalue weighted by molar-refractivity contribution is 5.25. The van der Waals surface area contributed by atoms with E-state index in [0.29, 0.717) is 6.54 Å². The summed E-state index contributed by atoms with van der Waals surface area (Å²) < 4.78 is 31.4. The molecule has 82 valence electrons. The van der Waals surface area contributed by atoms with Gasteiger partial charge in [0, 0.05) is 12.6 Å². The molecule has 1 aliphatic heterocycles. The molecule has 1 aromatic carbocycles. The van der Waals surface area contributed by atoms with E-state index in [4.69, 9.17) is 4.74 Å². The van der Waals surface area contributed by atoms with Crippen LogP contribution in [0, 0.1) is 11.6 Å². The molecule has 1 fully saturated rings. The average Bonchev–Trinajstić information content (AvgIpc) is 2.25. The van der Waals surface area contributed by atoms with Gasteiger partial charge < -0.3 is 10.1 Å². The number of halogens is 2. The summed E-state index contributed by atoms with van der Waals surface area (Å²) in [6.07, 6.45) is 1.82. The largest absolute Gasteiger partial charge is 0.486 e. The van der Waals surface area contributed by atoms with Gasteiger partial charge in [-0.25, -0.2) is 8.78 Å². The van der Waals surface area contributed by atoms with Gasteiger partial charge in [0.2, 0.25) is 0 Å². The quantitative estimate of drug-likeness (QED) is 0.812. The highest BCUT2D eigenvalue weighted by Crippen LogP contribution is 2.21. The molecule has 1 aliphatic rings. The summed E-state index contributed by atoms with van der Waals surface area (Å²) in [4.78, 5) is 0. The normalized spacial score (nSPS) is 21.3. The number of rotatable bonds is 2. The van der Waals surface area contributed by atoms with E-state index in [-0.39, 0.29) is 11.9 Å². The van der Waals surface area contributed by atoms with Crippen molar-refractivity contribution in [2.75, 3.05) is 13.1 Å². The van der Waals surface area contributed by atoms with Crippen molar-refractivity contribution in [2.24, 2.45) is 0 Å². The van der Waals surface area contributed by atoms with Gasteiger partial charge in [-0.3, -0.25) is 0 Å². The average molecular weight is 213 g/mol. The monoisotopic (exact) mass is 213 g/mol. The lowest BCUT2D eigenvalue weighted by Gasteiger charge is -2.24. The Balaban J connectivity index is 2.05. The molecule has 2 nitrogen and oxygen atoms in total. The lowest BCUT2D eigenvalue weighted by Crippen LogP contribution is -2.37. The SMILES string of the molecule is Fc1ccc(F)c(O[C@H]2CCCNC2)c1. The Labute approximate surface area is 87.2 Å². The van der Waals surface area contributed by atoms with Crippen LogP contribution >= 0.6 is 0 Å². The molecule has 0 radical (unpaired) electrons. The summed E-state index contributed by atoms with van der Waals surface area (Å²) in [7, 11) is 0. The van der Waals surface area contributed by atoms with E-state index in [9.17, 15) is 8.78 Å². The minimum atomic E-state index is -0.512. The summed E-state index contributed by atoms with van der Waals surface area (Å²) in [6, 6.07) is 3.26. The predicted octanol–water partition coefficient (Wildman–Crippen LogP) is 2.10. The summed E-state index contributed by atoms with van der Waals surface area (Å²) in [5, 5.41) is 3.15. The first-order valence-electron chi connectivity index (χ1n) is 5.08. The van der Waals surface area contributed by atoms with E-state index in [1.54, 1.807) is 0 Å². The lowest BCUT2D eigenvalue weighted by atomic mass is 10.1. The second-order valence-corrected chi connectivity index (χ2v) is 3.66. The molecule has 1 saturated heterocycles. The third-order valence-electron chi connectivity index (χ3n) is 2.44. The van der Waals surface area contributed by atoms with Crippen LogP contribution in [0.4, 0.5) is 8.78 Å². The fraction of sp³-hybridized carbons (Fsp3) is 0.455. The van der Waals surface area contributed by atoms with Crippen LogP contribution in [0.5, 0.6) is 5.75 Å². The minimum Gasteiger partial charge on any atom is -0.486 e. The molecule has 0 bridgehead atoms. The zero-order valence-corrected chi connectivity index (χ0v) is 8.30. The van der Waals surface area contributed by atoms with Crippen LogP contribution in [-0.4, -0.2) is 19.2 Å². The van der Waals surface area contributed by atoms with Gasteiger partial charge in [-0.15, -0.1) is 0 Å². The van der Waals surface area contributed by atoms with Crippen LogP contribution in [0.1, 0.15) is 12.8 Å². The molecule has 1 heterocycles. The molecule has 2 rings (SSSR count). The molecular weight excluding hydrogens is 200 g/mol. The molecule has 1 N–H and O–H groups in total. The Morgan fingerprint density at radius 3 is 2.93 bits per heavy atom. The van der Waals surface area contributed by atoms with E-state index in [2.05, 4.69) is 5.32 Å². The van der Waals surface area contributed by atoms with E-state index in [1.165, 1.54) is 0 Å². The van der Waals surface area contributed by atoms with Gasteiger partial charge in [0.05, 0.1) is 0 Å². The molecule has 1 aromatic rings. The van der Waals surface area contributed by atoms with Crippen molar-refractivity contribution in [3.05, 3.63) is 29.8 Å². The maximum absolute atomic E-state index is 13.2. The van der Waals surface area contributed by atoms with Crippen molar-refractivity contribution in [1.82, 2.24) is 5.32 Å². The van der Waals surface area contributed by atoms with Crippen LogP contribution in [0.2, 0.25) is 0 Å². The van der Waals surface area contributed by atoms with Crippen LogP contribution in [0.15, 0.2) is 18.2 Å². The van der Waals surface area contributed by atoms with Crippen molar-refractivity contribution in [3.8, 4) is 5.75 Å². The third-order valence-corrected chi connectivity index (χ3v) is 2.44. The van der Waals surface area contributed by atoms with Gasteiger partial charge in [0.15, 0.2) is 11.6 Å². The van der Waals surface area contributed by atoms with Gasteiger partial charge >= 0.3 is 0 Å². The molecule has 0 aliphatic carbocycles. The molecule has 0 spiro atoms. The predicted molar refractivity (Wildman–Crippen MR) is 52.9 cm³/mol. The van der Waals surface area contributed by atoms with Crippen molar-refractivity contribution in [2.45, 2.75) is 18.9 Å². The first-order valence-corrected chi connectivity index (χ1v) is 5.08. The zero-order valence-electron chi connectivity index (χ0n) is 8.30. The van der Waals surface area contributed by atoms with Gasteiger partial charge in [-0.2, -0.15) is 0 Å². The fourth-order valence-corrected chi connectivity index (χ4v) is 1.67. The molecule has 0 amide bonds. The highest BCUT2D eigenvalue weighted by Gasteiger charge is 2.16. The summed E-state index contributed by atoms with van der Waals surface area (Å²) >= 11 is 0. The topological polar surface area (TPSA) is 21.3 Å². The number of ether oxygens (including phenoxy) is 1.